The Bertz CT molecular complexity index is 1150. The van der Waals surface area contributed by atoms with Crippen molar-refractivity contribution in [3.8, 4) is 0 Å². The largest absolute Gasteiger partial charge is 0.465 e. The number of halogens is 1. The highest BCUT2D eigenvalue weighted by atomic mass is 35.5. The third-order valence-electron chi connectivity index (χ3n) is 3.98. The van der Waals surface area contributed by atoms with Gasteiger partial charge in [0.1, 0.15) is 6.54 Å². The number of esters is 2. The van der Waals surface area contributed by atoms with Crippen molar-refractivity contribution in [2.24, 2.45) is 4.99 Å². The smallest absolute Gasteiger partial charge is 0.337 e. The van der Waals surface area contributed by atoms with Gasteiger partial charge in [0.05, 0.1) is 29.5 Å². The molecule has 150 valence electrons. The van der Waals surface area contributed by atoms with Crippen LogP contribution in [0.4, 0.5) is 0 Å². The van der Waals surface area contributed by atoms with E-state index in [1.54, 1.807) is 54.0 Å². The Balaban J connectivity index is 2.12. The number of rotatable bonds is 5. The lowest BCUT2D eigenvalue weighted by Gasteiger charge is -2.05. The van der Waals surface area contributed by atoms with Crippen LogP contribution < -0.4 is 4.80 Å². The Morgan fingerprint density at radius 2 is 1.79 bits per heavy atom. The number of carbonyl (C=O) groups is 3. The van der Waals surface area contributed by atoms with Crippen molar-refractivity contribution in [3.05, 3.63) is 63.4 Å². The Morgan fingerprint density at radius 3 is 2.45 bits per heavy atom. The topological polar surface area (TPSA) is 87.0 Å². The molecule has 1 heterocycles. The Kier molecular flexibility index (Phi) is 6.46. The van der Waals surface area contributed by atoms with Crippen LogP contribution >= 0.6 is 22.9 Å². The first-order valence-corrected chi connectivity index (χ1v) is 9.84. The van der Waals surface area contributed by atoms with Crippen molar-refractivity contribution in [1.29, 1.82) is 0 Å². The average Bonchev–Trinajstić information content (AvgIpc) is 3.04. The molecular weight excluding hydrogens is 416 g/mol. The van der Waals surface area contributed by atoms with Crippen LogP contribution in [0, 0.1) is 0 Å². The highest BCUT2D eigenvalue weighted by Crippen LogP contribution is 2.20. The van der Waals surface area contributed by atoms with E-state index in [1.165, 1.54) is 18.4 Å². The molecule has 7 nitrogen and oxygen atoms in total. The zero-order chi connectivity index (χ0) is 21.0. The molecular formula is C20H17ClN2O5S. The lowest BCUT2D eigenvalue weighted by molar-refractivity contribution is -0.143. The van der Waals surface area contributed by atoms with Gasteiger partial charge in [-0.25, -0.2) is 4.79 Å². The van der Waals surface area contributed by atoms with Crippen molar-refractivity contribution in [2.45, 2.75) is 13.5 Å². The fourth-order valence-electron chi connectivity index (χ4n) is 2.64. The molecule has 0 unspecified atom stereocenters. The molecule has 0 aliphatic carbocycles. The number of hydrogen-bond donors (Lipinski definition) is 0. The SMILES string of the molecule is CCOC(=O)Cn1c(=NC(=O)c2ccc(Cl)cc2)sc2cc(C(=O)OC)ccc21. The Hall–Kier alpha value is -2.97. The Morgan fingerprint density at radius 1 is 1.10 bits per heavy atom. The molecule has 2 aromatic carbocycles. The summed E-state index contributed by atoms with van der Waals surface area (Å²) in [5.74, 6) is -1.41. The van der Waals surface area contributed by atoms with Gasteiger partial charge in [0.15, 0.2) is 4.80 Å². The summed E-state index contributed by atoms with van der Waals surface area (Å²) >= 11 is 7.05. The summed E-state index contributed by atoms with van der Waals surface area (Å²) in [5, 5.41) is 0.510. The number of thiazole rings is 1. The van der Waals surface area contributed by atoms with E-state index in [4.69, 9.17) is 21.1 Å². The third kappa shape index (κ3) is 4.72. The number of carbonyl (C=O) groups excluding carboxylic acids is 3. The molecule has 0 radical (unpaired) electrons. The summed E-state index contributed by atoms with van der Waals surface area (Å²) in [7, 11) is 1.30. The van der Waals surface area contributed by atoms with Crippen LogP contribution in [0.15, 0.2) is 47.5 Å². The normalized spacial score (nSPS) is 11.5. The average molecular weight is 433 g/mol. The molecule has 0 aliphatic rings. The number of hydrogen-bond acceptors (Lipinski definition) is 6. The van der Waals surface area contributed by atoms with Gasteiger partial charge >= 0.3 is 11.9 Å². The van der Waals surface area contributed by atoms with Gasteiger partial charge in [-0.3, -0.25) is 9.59 Å². The fourth-order valence-corrected chi connectivity index (χ4v) is 3.83. The molecule has 0 fully saturated rings. The highest BCUT2D eigenvalue weighted by Gasteiger charge is 2.15. The summed E-state index contributed by atoms with van der Waals surface area (Å²) in [6.07, 6.45) is 0. The number of methoxy groups -OCH3 is 1. The van der Waals surface area contributed by atoms with Gasteiger partial charge in [-0.2, -0.15) is 4.99 Å². The summed E-state index contributed by atoms with van der Waals surface area (Å²) in [5.41, 5.74) is 1.38. The molecule has 0 N–H and O–H groups in total. The van der Waals surface area contributed by atoms with E-state index in [1.807, 2.05) is 0 Å². The fraction of sp³-hybridized carbons (Fsp3) is 0.200. The molecule has 0 spiro atoms. The number of nitrogens with zero attached hydrogens (tertiary/aromatic N) is 2. The van der Waals surface area contributed by atoms with E-state index >= 15 is 0 Å². The zero-order valence-corrected chi connectivity index (χ0v) is 17.2. The van der Waals surface area contributed by atoms with Crippen molar-refractivity contribution in [3.63, 3.8) is 0 Å². The second-order valence-electron chi connectivity index (χ2n) is 5.87. The van der Waals surface area contributed by atoms with Crippen molar-refractivity contribution in [2.75, 3.05) is 13.7 Å². The standard InChI is InChI=1S/C20H17ClN2O5S/c1-3-28-17(24)11-23-15-9-6-13(19(26)27-2)10-16(15)29-20(23)22-18(25)12-4-7-14(21)8-5-12/h4-10H,3,11H2,1-2H3. The van der Waals surface area contributed by atoms with Crippen LogP contribution in [0.3, 0.4) is 0 Å². The van der Waals surface area contributed by atoms with Crippen LogP contribution in [0.2, 0.25) is 5.02 Å². The van der Waals surface area contributed by atoms with E-state index in [0.29, 0.717) is 31.2 Å². The van der Waals surface area contributed by atoms with Gasteiger partial charge in [-0.1, -0.05) is 22.9 Å². The van der Waals surface area contributed by atoms with Crippen LogP contribution in [0.1, 0.15) is 27.6 Å². The van der Waals surface area contributed by atoms with E-state index < -0.39 is 17.8 Å². The molecule has 3 aromatic rings. The molecule has 3 rings (SSSR count). The van der Waals surface area contributed by atoms with Crippen molar-refractivity contribution in [1.82, 2.24) is 4.57 Å². The molecule has 1 aromatic heterocycles. The van der Waals surface area contributed by atoms with Crippen molar-refractivity contribution < 1.29 is 23.9 Å². The maximum atomic E-state index is 12.6. The number of fused-ring (bicyclic) bond motifs is 1. The first-order chi connectivity index (χ1) is 13.9. The van der Waals surface area contributed by atoms with Gasteiger partial charge in [0.2, 0.25) is 0 Å². The number of ether oxygens (including phenoxy) is 2. The minimum absolute atomic E-state index is 0.113. The van der Waals surface area contributed by atoms with Crippen LogP contribution in [0.25, 0.3) is 10.2 Å². The first kappa shape index (κ1) is 20.8. The molecule has 1 amide bonds. The van der Waals surface area contributed by atoms with Crippen molar-refractivity contribution >= 4 is 51.0 Å². The quantitative estimate of drug-likeness (QED) is 0.576. The second-order valence-corrected chi connectivity index (χ2v) is 7.32. The minimum Gasteiger partial charge on any atom is -0.465 e. The highest BCUT2D eigenvalue weighted by molar-refractivity contribution is 7.16. The first-order valence-electron chi connectivity index (χ1n) is 8.65. The maximum absolute atomic E-state index is 12.6. The summed E-state index contributed by atoms with van der Waals surface area (Å²) in [6.45, 7) is 1.84. The Labute approximate surface area is 175 Å². The second kappa shape index (κ2) is 9.02. The number of benzene rings is 2. The molecule has 9 heteroatoms. The third-order valence-corrected chi connectivity index (χ3v) is 5.28. The molecule has 0 saturated heterocycles. The van der Waals surface area contributed by atoms with Gasteiger partial charge in [-0.05, 0) is 49.4 Å². The van der Waals surface area contributed by atoms with E-state index in [9.17, 15) is 14.4 Å². The summed E-state index contributed by atoms with van der Waals surface area (Å²) in [6, 6.07) is 11.3. The van der Waals surface area contributed by atoms with Gasteiger partial charge < -0.3 is 14.0 Å². The molecule has 29 heavy (non-hydrogen) atoms. The van der Waals surface area contributed by atoms with Gasteiger partial charge in [0, 0.05) is 10.6 Å². The molecule has 0 bridgehead atoms. The summed E-state index contributed by atoms with van der Waals surface area (Å²) < 4.78 is 12.0. The van der Waals surface area contributed by atoms with E-state index in [2.05, 4.69) is 4.99 Å². The molecule has 0 aliphatic heterocycles. The van der Waals surface area contributed by atoms with Gasteiger partial charge in [0.25, 0.3) is 5.91 Å². The van der Waals surface area contributed by atoms with Crippen LogP contribution in [-0.4, -0.2) is 36.1 Å². The predicted octanol–water partition coefficient (Wildman–Crippen LogP) is 3.45. The lowest BCUT2D eigenvalue weighted by Crippen LogP contribution is -2.23. The van der Waals surface area contributed by atoms with E-state index in [0.717, 1.165) is 0 Å². The lowest BCUT2D eigenvalue weighted by atomic mass is 10.2. The van der Waals surface area contributed by atoms with Crippen LogP contribution in [-0.2, 0) is 20.8 Å². The molecule has 0 saturated carbocycles. The zero-order valence-electron chi connectivity index (χ0n) is 15.7. The summed E-state index contributed by atoms with van der Waals surface area (Å²) in [4.78, 5) is 41.0. The van der Waals surface area contributed by atoms with Gasteiger partial charge in [-0.15, -0.1) is 0 Å². The predicted molar refractivity (Wildman–Crippen MR) is 109 cm³/mol. The van der Waals surface area contributed by atoms with E-state index in [-0.39, 0.29) is 13.2 Å². The monoisotopic (exact) mass is 432 g/mol. The minimum atomic E-state index is -0.479. The number of aromatic nitrogens is 1. The molecule has 0 atom stereocenters. The van der Waals surface area contributed by atoms with Crippen LogP contribution in [0.5, 0.6) is 0 Å². The maximum Gasteiger partial charge on any atom is 0.337 e. The number of amides is 1.